The van der Waals surface area contributed by atoms with Gasteiger partial charge in [0.1, 0.15) is 5.75 Å². The SMILES string of the molecule is COc1ccc(C(=O)Nc2c(Cl)cc(Cl)cc2C(=O)Nc2ccncc2)cc1. The highest BCUT2D eigenvalue weighted by Gasteiger charge is 2.19. The summed E-state index contributed by atoms with van der Waals surface area (Å²) in [5, 5.41) is 5.82. The summed E-state index contributed by atoms with van der Waals surface area (Å²) in [5.74, 6) is -0.274. The molecule has 0 bridgehead atoms. The van der Waals surface area contributed by atoms with E-state index in [4.69, 9.17) is 27.9 Å². The van der Waals surface area contributed by atoms with Crippen LogP contribution in [0.4, 0.5) is 11.4 Å². The third-order valence-corrected chi connectivity index (χ3v) is 4.34. The van der Waals surface area contributed by atoms with E-state index in [2.05, 4.69) is 15.6 Å². The number of aromatic nitrogens is 1. The van der Waals surface area contributed by atoms with Gasteiger partial charge in [-0.25, -0.2) is 0 Å². The molecule has 1 heterocycles. The number of pyridine rings is 1. The summed E-state index contributed by atoms with van der Waals surface area (Å²) in [6.45, 7) is 0. The van der Waals surface area contributed by atoms with Crippen molar-refractivity contribution in [2.45, 2.75) is 0 Å². The molecule has 0 spiro atoms. The molecule has 0 aliphatic heterocycles. The summed E-state index contributed by atoms with van der Waals surface area (Å²) in [6.07, 6.45) is 3.10. The number of hydrogen-bond donors (Lipinski definition) is 2. The number of carbonyl (C=O) groups is 2. The van der Waals surface area contributed by atoms with Gasteiger partial charge < -0.3 is 15.4 Å². The zero-order chi connectivity index (χ0) is 20.1. The van der Waals surface area contributed by atoms with Crippen molar-refractivity contribution in [2.24, 2.45) is 0 Å². The average molecular weight is 416 g/mol. The van der Waals surface area contributed by atoms with Crippen molar-refractivity contribution in [3.63, 3.8) is 0 Å². The van der Waals surface area contributed by atoms with Crippen LogP contribution >= 0.6 is 23.2 Å². The molecule has 8 heteroatoms. The summed E-state index contributed by atoms with van der Waals surface area (Å²) in [6, 6.07) is 12.7. The molecular formula is C20H15Cl2N3O3. The first kappa shape index (κ1) is 19.7. The first-order valence-corrected chi connectivity index (χ1v) is 8.89. The lowest BCUT2D eigenvalue weighted by Gasteiger charge is -2.14. The zero-order valence-corrected chi connectivity index (χ0v) is 16.2. The molecule has 142 valence electrons. The zero-order valence-electron chi connectivity index (χ0n) is 14.7. The third kappa shape index (κ3) is 4.60. The molecule has 0 fully saturated rings. The first-order valence-electron chi connectivity index (χ1n) is 8.14. The van der Waals surface area contributed by atoms with E-state index in [9.17, 15) is 9.59 Å². The van der Waals surface area contributed by atoms with E-state index in [0.717, 1.165) is 0 Å². The number of halogens is 2. The quantitative estimate of drug-likeness (QED) is 0.620. The second-order valence-electron chi connectivity index (χ2n) is 5.68. The van der Waals surface area contributed by atoms with Gasteiger partial charge in [-0.05, 0) is 48.5 Å². The van der Waals surface area contributed by atoms with Gasteiger partial charge in [0, 0.05) is 28.7 Å². The van der Waals surface area contributed by atoms with Crippen molar-refractivity contribution in [1.29, 1.82) is 0 Å². The van der Waals surface area contributed by atoms with Gasteiger partial charge >= 0.3 is 0 Å². The molecule has 0 saturated carbocycles. The maximum absolute atomic E-state index is 12.7. The third-order valence-electron chi connectivity index (χ3n) is 3.83. The number of carbonyl (C=O) groups excluding carboxylic acids is 2. The molecule has 0 aliphatic rings. The predicted octanol–water partition coefficient (Wildman–Crippen LogP) is 4.90. The summed E-state index contributed by atoms with van der Waals surface area (Å²) in [5.41, 5.74) is 1.23. The molecule has 0 radical (unpaired) electrons. The first-order chi connectivity index (χ1) is 13.5. The van der Waals surface area contributed by atoms with Crippen LogP contribution in [0.25, 0.3) is 0 Å². The number of nitrogens with zero attached hydrogens (tertiary/aromatic N) is 1. The Labute approximate surface area is 171 Å². The molecule has 6 nitrogen and oxygen atoms in total. The van der Waals surface area contributed by atoms with E-state index < -0.39 is 11.8 Å². The van der Waals surface area contributed by atoms with Crippen LogP contribution in [0.2, 0.25) is 10.0 Å². The highest BCUT2D eigenvalue weighted by molar-refractivity contribution is 6.38. The van der Waals surface area contributed by atoms with Crippen molar-refractivity contribution in [2.75, 3.05) is 17.7 Å². The predicted molar refractivity (Wildman–Crippen MR) is 110 cm³/mol. The van der Waals surface area contributed by atoms with Crippen LogP contribution in [0, 0.1) is 0 Å². The summed E-state index contributed by atoms with van der Waals surface area (Å²) >= 11 is 12.3. The van der Waals surface area contributed by atoms with E-state index in [1.807, 2.05) is 0 Å². The summed E-state index contributed by atoms with van der Waals surface area (Å²) < 4.78 is 5.08. The number of anilines is 2. The molecule has 0 atom stereocenters. The number of amides is 2. The standard InChI is InChI=1S/C20H15Cl2N3O3/c1-28-15-4-2-12(3-5-15)19(26)25-18-16(10-13(21)11-17(18)22)20(27)24-14-6-8-23-9-7-14/h2-11H,1H3,(H,25,26)(H,23,24,27). The molecule has 0 saturated heterocycles. The Morgan fingerprint density at radius 3 is 2.25 bits per heavy atom. The van der Waals surface area contributed by atoms with Crippen LogP contribution < -0.4 is 15.4 Å². The van der Waals surface area contributed by atoms with Crippen LogP contribution in [0.5, 0.6) is 5.75 Å². The van der Waals surface area contributed by atoms with E-state index in [1.54, 1.807) is 48.8 Å². The van der Waals surface area contributed by atoms with Gasteiger partial charge in [-0.3, -0.25) is 14.6 Å². The normalized spacial score (nSPS) is 10.2. The average Bonchev–Trinajstić information content (AvgIpc) is 2.70. The Kier molecular flexibility index (Phi) is 6.13. The highest BCUT2D eigenvalue weighted by Crippen LogP contribution is 2.31. The number of nitrogens with one attached hydrogen (secondary N) is 2. The fourth-order valence-electron chi connectivity index (χ4n) is 2.44. The second-order valence-corrected chi connectivity index (χ2v) is 6.53. The minimum atomic E-state index is -0.472. The summed E-state index contributed by atoms with van der Waals surface area (Å²) in [7, 11) is 1.54. The minimum absolute atomic E-state index is 0.135. The molecule has 2 amide bonds. The number of hydrogen-bond acceptors (Lipinski definition) is 4. The number of methoxy groups -OCH3 is 1. The number of benzene rings is 2. The molecule has 1 aromatic heterocycles. The van der Waals surface area contributed by atoms with Crippen molar-refractivity contribution in [3.8, 4) is 5.75 Å². The van der Waals surface area contributed by atoms with Crippen molar-refractivity contribution >= 4 is 46.4 Å². The second kappa shape index (κ2) is 8.73. The maximum atomic E-state index is 12.7. The lowest BCUT2D eigenvalue weighted by atomic mass is 10.1. The van der Waals surface area contributed by atoms with Crippen LogP contribution in [-0.2, 0) is 0 Å². The lowest BCUT2D eigenvalue weighted by Crippen LogP contribution is -2.19. The Bertz CT molecular complexity index is 1010. The van der Waals surface area contributed by atoms with E-state index in [-0.39, 0.29) is 21.3 Å². The van der Waals surface area contributed by atoms with Gasteiger partial charge in [-0.2, -0.15) is 0 Å². The van der Waals surface area contributed by atoms with E-state index >= 15 is 0 Å². The Balaban J connectivity index is 1.89. The van der Waals surface area contributed by atoms with Crippen molar-refractivity contribution in [1.82, 2.24) is 4.98 Å². The van der Waals surface area contributed by atoms with Crippen LogP contribution in [0.3, 0.4) is 0 Å². The van der Waals surface area contributed by atoms with Gasteiger partial charge in [0.05, 0.1) is 23.4 Å². The smallest absolute Gasteiger partial charge is 0.257 e. The van der Waals surface area contributed by atoms with Crippen molar-refractivity contribution in [3.05, 3.63) is 82.1 Å². The lowest BCUT2D eigenvalue weighted by molar-refractivity contribution is 0.102. The topological polar surface area (TPSA) is 80.3 Å². The van der Waals surface area contributed by atoms with Crippen molar-refractivity contribution < 1.29 is 14.3 Å². The largest absolute Gasteiger partial charge is 0.497 e. The molecule has 2 N–H and O–H groups in total. The summed E-state index contributed by atoms with van der Waals surface area (Å²) in [4.78, 5) is 29.2. The van der Waals surface area contributed by atoms with Crippen LogP contribution in [-0.4, -0.2) is 23.9 Å². The van der Waals surface area contributed by atoms with Gasteiger partial charge in [-0.1, -0.05) is 23.2 Å². The fraction of sp³-hybridized carbons (Fsp3) is 0.0500. The Morgan fingerprint density at radius 2 is 1.61 bits per heavy atom. The molecule has 3 aromatic rings. The molecule has 0 aliphatic carbocycles. The van der Waals surface area contributed by atoms with Crippen LogP contribution in [0.1, 0.15) is 20.7 Å². The number of rotatable bonds is 5. The van der Waals surface area contributed by atoms with Gasteiger partial charge in [0.15, 0.2) is 0 Å². The molecule has 3 rings (SSSR count). The maximum Gasteiger partial charge on any atom is 0.257 e. The van der Waals surface area contributed by atoms with E-state index in [1.165, 1.54) is 19.2 Å². The fourth-order valence-corrected chi connectivity index (χ4v) is 2.98. The van der Waals surface area contributed by atoms with Gasteiger partial charge in [-0.15, -0.1) is 0 Å². The monoisotopic (exact) mass is 415 g/mol. The Morgan fingerprint density at radius 1 is 0.929 bits per heavy atom. The molecule has 2 aromatic carbocycles. The molecular weight excluding hydrogens is 401 g/mol. The molecule has 28 heavy (non-hydrogen) atoms. The number of ether oxygens (including phenoxy) is 1. The minimum Gasteiger partial charge on any atom is -0.497 e. The van der Waals surface area contributed by atoms with Crippen LogP contribution in [0.15, 0.2) is 60.9 Å². The molecule has 0 unspecified atom stereocenters. The Hall–Kier alpha value is -3.09. The van der Waals surface area contributed by atoms with E-state index in [0.29, 0.717) is 17.0 Å². The highest BCUT2D eigenvalue weighted by atomic mass is 35.5. The van der Waals surface area contributed by atoms with Gasteiger partial charge in [0.25, 0.3) is 11.8 Å². The van der Waals surface area contributed by atoms with Gasteiger partial charge in [0.2, 0.25) is 0 Å².